The molecule has 0 N–H and O–H groups in total. The van der Waals surface area contributed by atoms with Crippen LogP contribution in [0.15, 0.2) is 30.3 Å². The summed E-state index contributed by atoms with van der Waals surface area (Å²) in [6.45, 7) is 2.05. The molecule has 1 amide bonds. The lowest BCUT2D eigenvalue weighted by molar-refractivity contribution is -0.130. The molecule has 116 valence electrons. The van der Waals surface area contributed by atoms with Crippen molar-refractivity contribution in [3.63, 3.8) is 0 Å². The van der Waals surface area contributed by atoms with Crippen LogP contribution >= 0.6 is 0 Å². The molecule has 1 aliphatic heterocycles. The third-order valence-electron chi connectivity index (χ3n) is 3.81. The molecular formula is C17H25NO3. The molecular weight excluding hydrogens is 266 g/mol. The molecule has 1 atom stereocenters. The van der Waals surface area contributed by atoms with Crippen LogP contribution in [0.4, 0.5) is 0 Å². The smallest absolute Gasteiger partial charge is 0.225 e. The van der Waals surface area contributed by atoms with Crippen molar-refractivity contribution in [2.24, 2.45) is 0 Å². The number of para-hydroxylation sites is 1. The average Bonchev–Trinajstić information content (AvgIpc) is 2.54. The molecule has 1 aliphatic rings. The Bertz CT molecular complexity index is 415. The molecule has 1 heterocycles. The van der Waals surface area contributed by atoms with Crippen LogP contribution in [0.1, 0.15) is 32.1 Å². The quantitative estimate of drug-likeness (QED) is 0.775. The van der Waals surface area contributed by atoms with Gasteiger partial charge in [-0.05, 0) is 37.8 Å². The first-order valence-electron chi connectivity index (χ1n) is 7.79. The summed E-state index contributed by atoms with van der Waals surface area (Å²) in [5, 5.41) is 0. The van der Waals surface area contributed by atoms with Gasteiger partial charge in [0.25, 0.3) is 0 Å². The molecule has 2 rings (SSSR count). The zero-order valence-corrected chi connectivity index (χ0v) is 12.8. The summed E-state index contributed by atoms with van der Waals surface area (Å²) >= 11 is 0. The van der Waals surface area contributed by atoms with Crippen molar-refractivity contribution in [3.8, 4) is 5.75 Å². The van der Waals surface area contributed by atoms with Crippen molar-refractivity contribution < 1.29 is 14.3 Å². The van der Waals surface area contributed by atoms with Crippen LogP contribution in [0.25, 0.3) is 0 Å². The van der Waals surface area contributed by atoms with Gasteiger partial charge in [0, 0.05) is 20.2 Å². The Morgan fingerprint density at radius 3 is 2.86 bits per heavy atom. The van der Waals surface area contributed by atoms with Gasteiger partial charge < -0.3 is 14.4 Å². The second kappa shape index (κ2) is 8.67. The van der Waals surface area contributed by atoms with Crippen molar-refractivity contribution in [1.29, 1.82) is 0 Å². The van der Waals surface area contributed by atoms with E-state index in [0.29, 0.717) is 19.1 Å². The van der Waals surface area contributed by atoms with Crippen molar-refractivity contribution in [1.82, 2.24) is 4.90 Å². The van der Waals surface area contributed by atoms with Gasteiger partial charge in [-0.25, -0.2) is 0 Å². The summed E-state index contributed by atoms with van der Waals surface area (Å²) in [7, 11) is 1.85. The summed E-state index contributed by atoms with van der Waals surface area (Å²) < 4.78 is 11.2. The molecule has 4 nitrogen and oxygen atoms in total. The summed E-state index contributed by atoms with van der Waals surface area (Å²) in [5.41, 5.74) is 0. The molecule has 0 saturated carbocycles. The number of nitrogens with zero attached hydrogens (tertiary/aromatic N) is 1. The fourth-order valence-corrected chi connectivity index (χ4v) is 2.46. The monoisotopic (exact) mass is 291 g/mol. The molecule has 0 bridgehead atoms. The van der Waals surface area contributed by atoms with Crippen LogP contribution in [-0.2, 0) is 9.53 Å². The van der Waals surface area contributed by atoms with Gasteiger partial charge in [0.15, 0.2) is 0 Å². The summed E-state index contributed by atoms with van der Waals surface area (Å²) in [4.78, 5) is 13.8. The molecule has 1 unspecified atom stereocenters. The number of hydrogen-bond donors (Lipinski definition) is 0. The highest BCUT2D eigenvalue weighted by Crippen LogP contribution is 2.16. The molecule has 0 aliphatic carbocycles. The lowest BCUT2D eigenvalue weighted by Crippen LogP contribution is -2.32. The summed E-state index contributed by atoms with van der Waals surface area (Å²) in [6.07, 6.45) is 5.21. The maximum absolute atomic E-state index is 12.0. The van der Waals surface area contributed by atoms with E-state index < -0.39 is 0 Å². The Morgan fingerprint density at radius 1 is 1.33 bits per heavy atom. The second-order valence-corrected chi connectivity index (χ2v) is 5.50. The predicted octanol–water partition coefficient (Wildman–Crippen LogP) is 2.87. The molecule has 0 radical (unpaired) electrons. The minimum Gasteiger partial charge on any atom is -0.493 e. The van der Waals surface area contributed by atoms with Gasteiger partial charge >= 0.3 is 0 Å². The third-order valence-corrected chi connectivity index (χ3v) is 3.81. The Morgan fingerprint density at radius 2 is 2.14 bits per heavy atom. The SMILES string of the molecule is CN(CCC1CCCCO1)C(=O)CCOc1ccccc1. The van der Waals surface area contributed by atoms with Crippen molar-refractivity contribution in [3.05, 3.63) is 30.3 Å². The van der Waals surface area contributed by atoms with Gasteiger partial charge in [0.1, 0.15) is 5.75 Å². The maximum atomic E-state index is 12.0. The first-order valence-corrected chi connectivity index (χ1v) is 7.79. The molecule has 1 saturated heterocycles. The predicted molar refractivity (Wildman–Crippen MR) is 82.4 cm³/mol. The molecule has 1 aromatic carbocycles. The van der Waals surface area contributed by atoms with Crippen LogP contribution in [0.2, 0.25) is 0 Å². The first kappa shape index (κ1) is 15.8. The zero-order chi connectivity index (χ0) is 14.9. The lowest BCUT2D eigenvalue weighted by atomic mass is 10.1. The highest BCUT2D eigenvalue weighted by Gasteiger charge is 2.16. The minimum absolute atomic E-state index is 0.127. The summed E-state index contributed by atoms with van der Waals surface area (Å²) in [5.74, 6) is 0.935. The van der Waals surface area contributed by atoms with Crippen LogP contribution in [-0.4, -0.2) is 43.7 Å². The van der Waals surface area contributed by atoms with Gasteiger partial charge in [0.05, 0.1) is 19.1 Å². The van der Waals surface area contributed by atoms with E-state index in [9.17, 15) is 4.79 Å². The number of carbonyl (C=O) groups excluding carboxylic acids is 1. The Kier molecular flexibility index (Phi) is 6.54. The Hall–Kier alpha value is -1.55. The standard InChI is InChI=1S/C17H25NO3/c1-18(12-10-16-9-5-6-13-20-16)17(19)11-14-21-15-7-3-2-4-8-15/h2-4,7-8,16H,5-6,9-14H2,1H3. The Labute approximate surface area is 127 Å². The van der Waals surface area contributed by atoms with Gasteiger partial charge in [-0.15, -0.1) is 0 Å². The highest BCUT2D eigenvalue weighted by atomic mass is 16.5. The molecule has 4 heteroatoms. The normalized spacial score (nSPS) is 18.2. The number of rotatable bonds is 7. The molecule has 0 spiro atoms. The van der Waals surface area contributed by atoms with E-state index in [-0.39, 0.29) is 5.91 Å². The van der Waals surface area contributed by atoms with E-state index >= 15 is 0 Å². The van der Waals surface area contributed by atoms with E-state index in [4.69, 9.17) is 9.47 Å². The van der Waals surface area contributed by atoms with E-state index in [2.05, 4.69) is 0 Å². The minimum atomic E-state index is 0.127. The maximum Gasteiger partial charge on any atom is 0.225 e. The summed E-state index contributed by atoms with van der Waals surface area (Å²) in [6, 6.07) is 9.59. The average molecular weight is 291 g/mol. The topological polar surface area (TPSA) is 38.8 Å². The Balaban J connectivity index is 1.60. The van der Waals surface area contributed by atoms with Crippen LogP contribution in [0.3, 0.4) is 0 Å². The van der Waals surface area contributed by atoms with E-state index in [1.165, 1.54) is 12.8 Å². The second-order valence-electron chi connectivity index (χ2n) is 5.50. The van der Waals surface area contributed by atoms with Gasteiger partial charge in [-0.2, -0.15) is 0 Å². The van der Waals surface area contributed by atoms with E-state index in [1.807, 2.05) is 37.4 Å². The molecule has 21 heavy (non-hydrogen) atoms. The van der Waals surface area contributed by atoms with E-state index in [0.717, 1.165) is 31.7 Å². The molecule has 0 aromatic heterocycles. The number of ether oxygens (including phenoxy) is 2. The van der Waals surface area contributed by atoms with Crippen LogP contribution in [0, 0.1) is 0 Å². The zero-order valence-electron chi connectivity index (χ0n) is 12.8. The van der Waals surface area contributed by atoms with E-state index in [1.54, 1.807) is 4.90 Å². The van der Waals surface area contributed by atoms with Crippen molar-refractivity contribution in [2.45, 2.75) is 38.2 Å². The van der Waals surface area contributed by atoms with Gasteiger partial charge in [-0.1, -0.05) is 18.2 Å². The largest absolute Gasteiger partial charge is 0.493 e. The third kappa shape index (κ3) is 5.76. The fraction of sp³-hybridized carbons (Fsp3) is 0.588. The van der Waals surface area contributed by atoms with Crippen LogP contribution < -0.4 is 4.74 Å². The van der Waals surface area contributed by atoms with Crippen molar-refractivity contribution >= 4 is 5.91 Å². The number of hydrogen-bond acceptors (Lipinski definition) is 3. The number of benzene rings is 1. The van der Waals surface area contributed by atoms with Crippen LogP contribution in [0.5, 0.6) is 5.75 Å². The van der Waals surface area contributed by atoms with Crippen molar-refractivity contribution in [2.75, 3.05) is 26.8 Å². The highest BCUT2D eigenvalue weighted by molar-refractivity contribution is 5.75. The van der Waals surface area contributed by atoms with Gasteiger partial charge in [0.2, 0.25) is 5.91 Å². The fourth-order valence-electron chi connectivity index (χ4n) is 2.46. The lowest BCUT2D eigenvalue weighted by Gasteiger charge is -2.25. The number of carbonyl (C=O) groups is 1. The number of amides is 1. The molecule has 1 aromatic rings. The molecule has 1 fully saturated rings. The van der Waals surface area contributed by atoms with Gasteiger partial charge in [-0.3, -0.25) is 4.79 Å². The first-order chi connectivity index (χ1) is 10.3.